The Bertz CT molecular complexity index is 400. The molecule has 1 aliphatic carbocycles. The zero-order valence-corrected chi connectivity index (χ0v) is 11.5. The second-order valence-electron chi connectivity index (χ2n) is 5.86. The van der Waals surface area contributed by atoms with Gasteiger partial charge in [0, 0.05) is 37.6 Å². The average molecular weight is 246 g/mol. The fraction of sp³-hybridized carbons (Fsp3) is 0.714. The van der Waals surface area contributed by atoms with Gasteiger partial charge >= 0.3 is 0 Å². The second kappa shape index (κ2) is 4.50. The summed E-state index contributed by atoms with van der Waals surface area (Å²) in [5.41, 5.74) is 1.31. The number of rotatable bonds is 2. The molecule has 2 aliphatic rings. The van der Waals surface area contributed by atoms with E-state index < -0.39 is 0 Å². The molecule has 0 amide bonds. The Morgan fingerprint density at radius 3 is 2.11 bits per heavy atom. The van der Waals surface area contributed by atoms with Gasteiger partial charge in [0.2, 0.25) is 5.95 Å². The van der Waals surface area contributed by atoms with Crippen LogP contribution in [0.15, 0.2) is 12.4 Å². The van der Waals surface area contributed by atoms with Gasteiger partial charge in [-0.2, -0.15) is 0 Å². The SMILES string of the molecule is CC1CN(c2ncc(C3CC3)cn2)CC(C)N1C. The van der Waals surface area contributed by atoms with E-state index in [2.05, 4.69) is 40.7 Å². The molecule has 2 unspecified atom stereocenters. The normalized spacial score (nSPS) is 29.6. The van der Waals surface area contributed by atoms with E-state index in [1.165, 1.54) is 18.4 Å². The number of piperazine rings is 1. The largest absolute Gasteiger partial charge is 0.338 e. The summed E-state index contributed by atoms with van der Waals surface area (Å²) < 4.78 is 0. The maximum atomic E-state index is 4.55. The lowest BCUT2D eigenvalue weighted by molar-refractivity contribution is 0.169. The van der Waals surface area contributed by atoms with Crippen molar-refractivity contribution in [3.63, 3.8) is 0 Å². The molecule has 18 heavy (non-hydrogen) atoms. The summed E-state index contributed by atoms with van der Waals surface area (Å²) >= 11 is 0. The summed E-state index contributed by atoms with van der Waals surface area (Å²) in [6, 6.07) is 1.11. The van der Waals surface area contributed by atoms with Crippen molar-refractivity contribution < 1.29 is 0 Å². The van der Waals surface area contributed by atoms with Gasteiger partial charge in [0.05, 0.1) is 0 Å². The summed E-state index contributed by atoms with van der Waals surface area (Å²) in [5, 5.41) is 0. The minimum Gasteiger partial charge on any atom is -0.338 e. The van der Waals surface area contributed by atoms with E-state index in [9.17, 15) is 0 Å². The van der Waals surface area contributed by atoms with Crippen molar-refractivity contribution in [2.24, 2.45) is 0 Å². The van der Waals surface area contributed by atoms with Gasteiger partial charge in [-0.25, -0.2) is 9.97 Å². The molecule has 1 saturated heterocycles. The highest BCUT2D eigenvalue weighted by Gasteiger charge is 2.28. The van der Waals surface area contributed by atoms with E-state index >= 15 is 0 Å². The first-order valence-electron chi connectivity index (χ1n) is 6.94. The Morgan fingerprint density at radius 2 is 1.61 bits per heavy atom. The zero-order valence-electron chi connectivity index (χ0n) is 11.5. The van der Waals surface area contributed by atoms with Crippen LogP contribution in [0.1, 0.15) is 38.2 Å². The van der Waals surface area contributed by atoms with Crippen molar-refractivity contribution in [3.05, 3.63) is 18.0 Å². The van der Waals surface area contributed by atoms with Crippen molar-refractivity contribution in [1.82, 2.24) is 14.9 Å². The molecule has 1 saturated carbocycles. The third-order valence-electron chi connectivity index (χ3n) is 4.35. The highest BCUT2D eigenvalue weighted by molar-refractivity contribution is 5.33. The average Bonchev–Trinajstić information content (AvgIpc) is 3.20. The topological polar surface area (TPSA) is 32.3 Å². The van der Waals surface area contributed by atoms with Crippen LogP contribution in [0.2, 0.25) is 0 Å². The number of nitrogens with zero attached hydrogens (tertiary/aromatic N) is 4. The van der Waals surface area contributed by atoms with E-state index in [1.54, 1.807) is 0 Å². The summed E-state index contributed by atoms with van der Waals surface area (Å²) in [5.74, 6) is 1.63. The van der Waals surface area contributed by atoms with Crippen LogP contribution in [0.25, 0.3) is 0 Å². The standard InChI is InChI=1S/C14H22N4/c1-10-8-18(9-11(2)17(10)3)14-15-6-13(7-16-14)12-4-5-12/h6-7,10-12H,4-5,8-9H2,1-3H3. The first-order chi connectivity index (χ1) is 8.65. The molecular formula is C14H22N4. The number of anilines is 1. The molecule has 1 aromatic heterocycles. The van der Waals surface area contributed by atoms with Crippen LogP contribution >= 0.6 is 0 Å². The fourth-order valence-electron chi connectivity index (χ4n) is 2.69. The van der Waals surface area contributed by atoms with Gasteiger partial charge in [-0.1, -0.05) is 0 Å². The minimum atomic E-state index is 0.556. The lowest BCUT2D eigenvalue weighted by atomic mass is 10.1. The molecule has 1 aliphatic heterocycles. The van der Waals surface area contributed by atoms with Crippen LogP contribution in [-0.4, -0.2) is 47.1 Å². The van der Waals surface area contributed by atoms with Gasteiger partial charge < -0.3 is 4.90 Å². The predicted molar refractivity (Wildman–Crippen MR) is 72.9 cm³/mol. The van der Waals surface area contributed by atoms with E-state index in [-0.39, 0.29) is 0 Å². The predicted octanol–water partition coefficient (Wildman–Crippen LogP) is 1.88. The lowest BCUT2D eigenvalue weighted by Crippen LogP contribution is -2.55. The van der Waals surface area contributed by atoms with Crippen LogP contribution < -0.4 is 4.90 Å². The van der Waals surface area contributed by atoms with Crippen LogP contribution in [0, 0.1) is 0 Å². The Hall–Kier alpha value is -1.16. The van der Waals surface area contributed by atoms with Gasteiger partial charge in [-0.3, -0.25) is 4.90 Å². The molecule has 3 rings (SSSR count). The van der Waals surface area contributed by atoms with Crippen molar-refractivity contribution in [1.29, 1.82) is 0 Å². The number of aromatic nitrogens is 2. The summed E-state index contributed by atoms with van der Waals surface area (Å²) in [6.07, 6.45) is 6.66. The van der Waals surface area contributed by atoms with Gasteiger partial charge in [0.25, 0.3) is 0 Å². The number of likely N-dealkylation sites (N-methyl/N-ethyl adjacent to an activating group) is 1. The molecule has 0 bridgehead atoms. The Balaban J connectivity index is 1.73. The molecule has 0 N–H and O–H groups in total. The third-order valence-corrected chi connectivity index (χ3v) is 4.35. The quantitative estimate of drug-likeness (QED) is 0.797. The Labute approximate surface area is 109 Å². The smallest absolute Gasteiger partial charge is 0.225 e. The van der Waals surface area contributed by atoms with Gasteiger partial charge in [0.1, 0.15) is 0 Å². The molecule has 0 radical (unpaired) electrons. The zero-order chi connectivity index (χ0) is 12.7. The molecule has 0 aromatic carbocycles. The fourth-order valence-corrected chi connectivity index (χ4v) is 2.69. The van der Waals surface area contributed by atoms with Crippen LogP contribution in [0.4, 0.5) is 5.95 Å². The van der Waals surface area contributed by atoms with Crippen molar-refractivity contribution in [2.45, 2.75) is 44.7 Å². The van der Waals surface area contributed by atoms with E-state index in [0.29, 0.717) is 12.1 Å². The van der Waals surface area contributed by atoms with Crippen molar-refractivity contribution in [2.75, 3.05) is 25.0 Å². The maximum Gasteiger partial charge on any atom is 0.225 e. The monoisotopic (exact) mass is 246 g/mol. The van der Waals surface area contributed by atoms with Crippen LogP contribution in [-0.2, 0) is 0 Å². The lowest BCUT2D eigenvalue weighted by Gasteiger charge is -2.42. The van der Waals surface area contributed by atoms with Crippen LogP contribution in [0.5, 0.6) is 0 Å². The highest BCUT2D eigenvalue weighted by Crippen LogP contribution is 2.39. The van der Waals surface area contributed by atoms with E-state index in [4.69, 9.17) is 0 Å². The van der Waals surface area contributed by atoms with Crippen molar-refractivity contribution >= 4 is 5.95 Å². The van der Waals surface area contributed by atoms with E-state index in [1.807, 2.05) is 12.4 Å². The highest BCUT2D eigenvalue weighted by atomic mass is 15.3. The first-order valence-corrected chi connectivity index (χ1v) is 6.94. The third kappa shape index (κ3) is 2.21. The number of hydrogen-bond acceptors (Lipinski definition) is 4. The molecule has 1 aromatic rings. The summed E-state index contributed by atoms with van der Waals surface area (Å²) in [6.45, 7) is 6.57. The summed E-state index contributed by atoms with van der Waals surface area (Å²) in [4.78, 5) is 13.8. The van der Waals surface area contributed by atoms with Gasteiger partial charge in [0.15, 0.2) is 0 Å². The van der Waals surface area contributed by atoms with Gasteiger partial charge in [-0.15, -0.1) is 0 Å². The molecule has 2 atom stereocenters. The molecule has 2 heterocycles. The van der Waals surface area contributed by atoms with Crippen LogP contribution in [0.3, 0.4) is 0 Å². The molecule has 4 nitrogen and oxygen atoms in total. The Kier molecular flexibility index (Phi) is 2.98. The molecule has 2 fully saturated rings. The summed E-state index contributed by atoms with van der Waals surface area (Å²) in [7, 11) is 2.20. The molecule has 0 spiro atoms. The molecule has 98 valence electrons. The number of hydrogen-bond donors (Lipinski definition) is 0. The minimum absolute atomic E-state index is 0.556. The van der Waals surface area contributed by atoms with E-state index in [0.717, 1.165) is 25.0 Å². The second-order valence-corrected chi connectivity index (χ2v) is 5.86. The Morgan fingerprint density at radius 1 is 1.06 bits per heavy atom. The van der Waals surface area contributed by atoms with Gasteiger partial charge in [-0.05, 0) is 45.2 Å². The maximum absolute atomic E-state index is 4.55. The van der Waals surface area contributed by atoms with Crippen molar-refractivity contribution in [3.8, 4) is 0 Å². The first kappa shape index (κ1) is 11.9. The molecular weight excluding hydrogens is 224 g/mol. The molecule has 4 heteroatoms.